The summed E-state index contributed by atoms with van der Waals surface area (Å²) in [5.41, 5.74) is 2.24. The second-order valence-corrected chi connectivity index (χ2v) is 10.3. The summed E-state index contributed by atoms with van der Waals surface area (Å²) in [6.45, 7) is 1.68. The van der Waals surface area contributed by atoms with Gasteiger partial charge in [0.15, 0.2) is 16.7 Å². The van der Waals surface area contributed by atoms with Crippen LogP contribution >= 0.6 is 46.6 Å². The number of methoxy groups -OCH3 is 1. The van der Waals surface area contributed by atoms with Gasteiger partial charge < -0.3 is 9.47 Å². The van der Waals surface area contributed by atoms with Crippen molar-refractivity contribution in [1.29, 1.82) is 0 Å². The predicted octanol–water partition coefficient (Wildman–Crippen LogP) is 7.23. The lowest BCUT2D eigenvalue weighted by Crippen LogP contribution is -2.11. The van der Waals surface area contributed by atoms with Crippen LogP contribution in [0.1, 0.15) is 22.2 Å². The lowest BCUT2D eigenvalue weighted by atomic mass is 10.1. The fourth-order valence-corrected chi connectivity index (χ4v) is 5.33. The Kier molecular flexibility index (Phi) is 8.81. The molecule has 12 heteroatoms. The van der Waals surface area contributed by atoms with Crippen molar-refractivity contribution in [2.45, 2.75) is 23.9 Å². The summed E-state index contributed by atoms with van der Waals surface area (Å²) in [7, 11) is 1.51. The van der Waals surface area contributed by atoms with Crippen LogP contribution in [0, 0.1) is 17.0 Å². The lowest BCUT2D eigenvalue weighted by molar-refractivity contribution is -0.479. The molecule has 0 saturated carbocycles. The van der Waals surface area contributed by atoms with Gasteiger partial charge in [-0.15, -0.1) is 10.2 Å². The second kappa shape index (κ2) is 12.0. The molecule has 0 aliphatic rings. The number of hydrogen-bond donors (Lipinski definition) is 0. The molecule has 0 aliphatic carbocycles. The summed E-state index contributed by atoms with van der Waals surface area (Å²) in [4.78, 5) is 11.2. The van der Waals surface area contributed by atoms with Gasteiger partial charge in [-0.3, -0.25) is 14.7 Å². The van der Waals surface area contributed by atoms with Gasteiger partial charge in [0.2, 0.25) is 6.54 Å². The molecule has 0 spiro atoms. The van der Waals surface area contributed by atoms with Crippen LogP contribution in [0.5, 0.6) is 11.5 Å². The Morgan fingerprint density at radius 3 is 2.41 bits per heavy atom. The van der Waals surface area contributed by atoms with E-state index in [4.69, 9.17) is 44.3 Å². The summed E-state index contributed by atoms with van der Waals surface area (Å²) < 4.78 is 13.3. The largest absolute Gasteiger partial charge is 0.493 e. The number of thioether (sulfide) groups is 1. The molecule has 0 N–H and O–H groups in total. The van der Waals surface area contributed by atoms with Crippen molar-refractivity contribution in [3.63, 3.8) is 0 Å². The first-order valence-corrected chi connectivity index (χ1v) is 13.0. The SMILES string of the molecule is COc1cc([C@@H](C[N+](=O)[O-])Sc2nnc(C)n2-c2ccc(Cl)cc2)ccc1OCc1ccc(Cl)cc1Cl. The van der Waals surface area contributed by atoms with Crippen LogP contribution in [0.15, 0.2) is 65.8 Å². The molecule has 0 fully saturated rings. The van der Waals surface area contributed by atoms with Gasteiger partial charge in [-0.05, 0) is 61.0 Å². The summed E-state index contributed by atoms with van der Waals surface area (Å²) in [5, 5.41) is 21.6. The molecule has 0 amide bonds. The van der Waals surface area contributed by atoms with Crippen molar-refractivity contribution in [2.24, 2.45) is 0 Å². The molecule has 1 atom stereocenters. The number of benzene rings is 3. The van der Waals surface area contributed by atoms with Gasteiger partial charge in [-0.25, -0.2) is 0 Å². The van der Waals surface area contributed by atoms with E-state index in [2.05, 4.69) is 10.2 Å². The van der Waals surface area contributed by atoms with Gasteiger partial charge in [0.1, 0.15) is 17.7 Å². The van der Waals surface area contributed by atoms with Crippen molar-refractivity contribution in [2.75, 3.05) is 13.7 Å². The molecule has 8 nitrogen and oxygen atoms in total. The third-order valence-corrected chi connectivity index (χ3v) is 7.42. The Morgan fingerprint density at radius 2 is 1.73 bits per heavy atom. The van der Waals surface area contributed by atoms with Crippen molar-refractivity contribution in [1.82, 2.24) is 14.8 Å². The Balaban J connectivity index is 1.60. The van der Waals surface area contributed by atoms with E-state index in [0.717, 1.165) is 11.3 Å². The van der Waals surface area contributed by atoms with Crippen molar-refractivity contribution in [3.05, 3.63) is 103 Å². The van der Waals surface area contributed by atoms with E-state index < -0.39 is 5.25 Å². The number of aryl methyl sites for hydroxylation is 1. The Bertz CT molecular complexity index is 1420. The third-order valence-electron chi connectivity index (χ3n) is 5.40. The van der Waals surface area contributed by atoms with E-state index in [1.165, 1.54) is 18.9 Å². The van der Waals surface area contributed by atoms with Crippen LogP contribution in [-0.4, -0.2) is 33.3 Å². The van der Waals surface area contributed by atoms with Crippen LogP contribution in [0.25, 0.3) is 5.69 Å². The van der Waals surface area contributed by atoms with Crippen molar-refractivity contribution < 1.29 is 14.4 Å². The van der Waals surface area contributed by atoms with E-state index in [1.54, 1.807) is 48.5 Å². The molecule has 1 aromatic heterocycles. The van der Waals surface area contributed by atoms with Gasteiger partial charge in [0.25, 0.3) is 0 Å². The molecule has 1 heterocycles. The van der Waals surface area contributed by atoms with Crippen molar-refractivity contribution >= 4 is 46.6 Å². The molecular weight excluding hydrogens is 559 g/mol. The number of hydrogen-bond acceptors (Lipinski definition) is 7. The van der Waals surface area contributed by atoms with E-state index >= 15 is 0 Å². The fourth-order valence-electron chi connectivity index (χ4n) is 3.58. The molecule has 0 saturated heterocycles. The molecule has 3 aromatic carbocycles. The van der Waals surface area contributed by atoms with E-state index in [9.17, 15) is 10.1 Å². The van der Waals surface area contributed by atoms with Gasteiger partial charge in [0.05, 0.1) is 7.11 Å². The smallest absolute Gasteiger partial charge is 0.220 e. The average Bonchev–Trinajstić information content (AvgIpc) is 3.23. The maximum Gasteiger partial charge on any atom is 0.220 e. The van der Waals surface area contributed by atoms with Crippen LogP contribution in [-0.2, 0) is 6.61 Å². The van der Waals surface area contributed by atoms with E-state index in [1.807, 2.05) is 23.6 Å². The van der Waals surface area contributed by atoms with Gasteiger partial charge in [-0.1, -0.05) is 58.7 Å². The Labute approximate surface area is 232 Å². The number of rotatable bonds is 10. The zero-order valence-corrected chi connectivity index (χ0v) is 22.8. The molecule has 0 bridgehead atoms. The highest BCUT2D eigenvalue weighted by molar-refractivity contribution is 7.99. The van der Waals surface area contributed by atoms with Gasteiger partial charge >= 0.3 is 0 Å². The normalized spacial score (nSPS) is 11.8. The lowest BCUT2D eigenvalue weighted by Gasteiger charge is -2.17. The zero-order chi connectivity index (χ0) is 26.5. The monoisotopic (exact) mass is 578 g/mol. The summed E-state index contributed by atoms with van der Waals surface area (Å²) in [6, 6.07) is 17.6. The molecule has 0 aliphatic heterocycles. The molecular formula is C25H21Cl3N4O4S. The quantitative estimate of drug-likeness (QED) is 0.111. The number of halogens is 3. The first kappa shape index (κ1) is 27.1. The molecule has 37 heavy (non-hydrogen) atoms. The second-order valence-electron chi connectivity index (χ2n) is 7.90. The molecule has 192 valence electrons. The van der Waals surface area contributed by atoms with Crippen LogP contribution in [0.3, 0.4) is 0 Å². The fraction of sp³-hybridized carbons (Fsp3) is 0.200. The highest BCUT2D eigenvalue weighted by Crippen LogP contribution is 2.40. The predicted molar refractivity (Wildman–Crippen MR) is 145 cm³/mol. The van der Waals surface area contributed by atoms with Crippen molar-refractivity contribution in [3.8, 4) is 17.2 Å². The maximum atomic E-state index is 11.6. The minimum absolute atomic E-state index is 0.197. The first-order valence-electron chi connectivity index (χ1n) is 11.0. The molecule has 0 radical (unpaired) electrons. The minimum Gasteiger partial charge on any atom is -0.493 e. The van der Waals surface area contributed by atoms with E-state index in [0.29, 0.717) is 43.1 Å². The number of nitrogens with zero attached hydrogens (tertiary/aromatic N) is 4. The number of ether oxygens (including phenoxy) is 2. The summed E-state index contributed by atoms with van der Waals surface area (Å²) >= 11 is 19.5. The minimum atomic E-state index is -0.571. The Morgan fingerprint density at radius 1 is 1.00 bits per heavy atom. The van der Waals surface area contributed by atoms with Gasteiger partial charge in [0, 0.05) is 31.2 Å². The molecule has 4 aromatic rings. The average molecular weight is 580 g/mol. The van der Waals surface area contributed by atoms with Crippen LogP contribution < -0.4 is 9.47 Å². The molecule has 4 rings (SSSR count). The maximum absolute atomic E-state index is 11.6. The topological polar surface area (TPSA) is 92.3 Å². The van der Waals surface area contributed by atoms with Gasteiger partial charge in [-0.2, -0.15) is 0 Å². The van der Waals surface area contributed by atoms with Crippen LogP contribution in [0.4, 0.5) is 0 Å². The Hall–Kier alpha value is -2.98. The molecule has 0 unspecified atom stereocenters. The summed E-state index contributed by atoms with van der Waals surface area (Å²) in [5.74, 6) is 1.56. The summed E-state index contributed by atoms with van der Waals surface area (Å²) in [6.07, 6.45) is 0. The van der Waals surface area contributed by atoms with E-state index in [-0.39, 0.29) is 18.1 Å². The zero-order valence-electron chi connectivity index (χ0n) is 19.7. The number of aromatic nitrogens is 3. The standard InChI is InChI=1S/C25H21Cl3N4O4S/c1-15-29-30-25(32(15)20-8-6-18(26)7-9-20)37-24(13-31(33)34)16-4-10-22(23(11-16)35-2)36-14-17-3-5-19(27)12-21(17)28/h3-12,24H,13-14H2,1-2H3/t24-/m1/s1. The first-order chi connectivity index (χ1) is 17.7. The third kappa shape index (κ3) is 6.67. The van der Waals surface area contributed by atoms with Crippen LogP contribution in [0.2, 0.25) is 15.1 Å². The highest BCUT2D eigenvalue weighted by Gasteiger charge is 2.25. The highest BCUT2D eigenvalue weighted by atomic mass is 35.5. The number of nitro groups is 1.